The fourth-order valence-electron chi connectivity index (χ4n) is 0.692. The van der Waals surface area contributed by atoms with E-state index in [-0.39, 0.29) is 0 Å². The standard InChI is InChI=1S/C7H15F3O2SSi/c1-6(2,3)14(4,5)13(11,12)7(8,9)10/h1-5H3. The first-order valence-electron chi connectivity index (χ1n) is 4.06. The summed E-state index contributed by atoms with van der Waals surface area (Å²) in [5.74, 6) is 0. The highest BCUT2D eigenvalue weighted by Gasteiger charge is 2.60. The molecule has 0 rings (SSSR count). The lowest BCUT2D eigenvalue weighted by Gasteiger charge is -2.35. The van der Waals surface area contributed by atoms with Crippen LogP contribution in [0.5, 0.6) is 0 Å². The minimum Gasteiger partial charge on any atom is -0.227 e. The van der Waals surface area contributed by atoms with E-state index < -0.39 is 27.1 Å². The van der Waals surface area contributed by atoms with E-state index in [2.05, 4.69) is 0 Å². The van der Waals surface area contributed by atoms with Crippen LogP contribution in [0.4, 0.5) is 13.2 Å². The smallest absolute Gasteiger partial charge is 0.227 e. The van der Waals surface area contributed by atoms with Crippen molar-refractivity contribution in [3.8, 4) is 0 Å². The van der Waals surface area contributed by atoms with Gasteiger partial charge in [0.15, 0.2) is 0 Å². The second-order valence-electron chi connectivity index (χ2n) is 4.71. The fourth-order valence-corrected chi connectivity index (χ4v) is 6.23. The van der Waals surface area contributed by atoms with Gasteiger partial charge in [-0.3, -0.25) is 0 Å². The van der Waals surface area contributed by atoms with Gasteiger partial charge in [-0.2, -0.15) is 13.2 Å². The highest BCUT2D eigenvalue weighted by atomic mass is 32.4. The molecular weight excluding hydrogens is 233 g/mol. The summed E-state index contributed by atoms with van der Waals surface area (Å²) in [7, 11) is -8.42. The maximum atomic E-state index is 12.3. The summed E-state index contributed by atoms with van der Waals surface area (Å²) in [6, 6.07) is 0. The molecule has 86 valence electrons. The van der Waals surface area contributed by atoms with E-state index in [4.69, 9.17) is 0 Å². The van der Waals surface area contributed by atoms with E-state index in [1.807, 2.05) is 0 Å². The number of alkyl halides is 3. The van der Waals surface area contributed by atoms with Crippen LogP contribution in [0.1, 0.15) is 20.8 Å². The Morgan fingerprint density at radius 1 is 1.00 bits per heavy atom. The summed E-state index contributed by atoms with van der Waals surface area (Å²) in [6.07, 6.45) is 0. The summed E-state index contributed by atoms with van der Waals surface area (Å²) in [6.45, 7) is 7.05. The Morgan fingerprint density at radius 3 is 1.36 bits per heavy atom. The van der Waals surface area contributed by atoms with Crippen molar-refractivity contribution < 1.29 is 21.6 Å². The summed E-state index contributed by atoms with van der Waals surface area (Å²) in [5.41, 5.74) is -5.13. The first kappa shape index (κ1) is 14.0. The van der Waals surface area contributed by atoms with Gasteiger partial charge in [0.05, 0.1) is 0 Å². The van der Waals surface area contributed by atoms with Crippen molar-refractivity contribution in [1.29, 1.82) is 0 Å². The van der Waals surface area contributed by atoms with Crippen molar-refractivity contribution in [3.05, 3.63) is 0 Å². The molecule has 0 aliphatic rings. The monoisotopic (exact) mass is 248 g/mol. The zero-order valence-electron chi connectivity index (χ0n) is 8.86. The lowest BCUT2D eigenvalue weighted by Crippen LogP contribution is -2.52. The summed E-state index contributed by atoms with van der Waals surface area (Å²) in [4.78, 5) is 0. The molecule has 0 saturated heterocycles. The van der Waals surface area contributed by atoms with Crippen LogP contribution in [0.15, 0.2) is 0 Å². The van der Waals surface area contributed by atoms with Crippen LogP contribution < -0.4 is 0 Å². The highest BCUT2D eigenvalue weighted by Crippen LogP contribution is 2.45. The normalized spacial score (nSPS) is 15.7. The lowest BCUT2D eigenvalue weighted by molar-refractivity contribution is -0.0417. The van der Waals surface area contributed by atoms with E-state index in [0.717, 1.165) is 0 Å². The van der Waals surface area contributed by atoms with E-state index in [9.17, 15) is 21.6 Å². The van der Waals surface area contributed by atoms with E-state index in [1.54, 1.807) is 0 Å². The molecule has 0 heterocycles. The van der Waals surface area contributed by atoms with Crippen LogP contribution in [-0.4, -0.2) is 21.1 Å². The largest absolute Gasteiger partial charge is 0.490 e. The van der Waals surface area contributed by atoms with Crippen LogP contribution in [-0.2, 0) is 9.29 Å². The molecule has 0 aromatic heterocycles. The summed E-state index contributed by atoms with van der Waals surface area (Å²) in [5, 5.41) is -0.832. The number of halogens is 3. The van der Waals surface area contributed by atoms with Gasteiger partial charge >= 0.3 is 5.51 Å². The molecule has 0 fully saturated rings. The molecule has 7 heteroatoms. The minimum absolute atomic E-state index is 0.832. The molecule has 0 saturated carbocycles. The van der Waals surface area contributed by atoms with Gasteiger partial charge in [0.25, 0.3) is 0 Å². The maximum absolute atomic E-state index is 12.3. The molecule has 0 spiro atoms. The molecule has 0 atom stereocenters. The topological polar surface area (TPSA) is 34.1 Å². The van der Waals surface area contributed by atoms with Gasteiger partial charge in [-0.25, -0.2) is 8.42 Å². The Hall–Kier alpha value is -0.0431. The molecule has 0 amide bonds. The third kappa shape index (κ3) is 1.98. The van der Waals surface area contributed by atoms with Crippen molar-refractivity contribution in [2.45, 2.75) is 44.4 Å². The predicted molar refractivity (Wildman–Crippen MR) is 52.2 cm³/mol. The first-order chi connectivity index (χ1) is 5.75. The zero-order chi connectivity index (χ0) is 12.0. The van der Waals surface area contributed by atoms with Crippen LogP contribution in [0.3, 0.4) is 0 Å². The van der Waals surface area contributed by atoms with E-state index in [0.29, 0.717) is 0 Å². The average molecular weight is 248 g/mol. The van der Waals surface area contributed by atoms with E-state index >= 15 is 0 Å². The Balaban J connectivity index is 5.56. The van der Waals surface area contributed by atoms with Crippen molar-refractivity contribution >= 4 is 16.5 Å². The number of rotatable bonds is 1. The Morgan fingerprint density at radius 2 is 1.29 bits per heavy atom. The third-order valence-corrected chi connectivity index (χ3v) is 14.9. The van der Waals surface area contributed by atoms with Gasteiger partial charge in [0.2, 0.25) is 16.5 Å². The van der Waals surface area contributed by atoms with Crippen LogP contribution in [0, 0.1) is 0 Å². The molecule has 0 aliphatic carbocycles. The van der Waals surface area contributed by atoms with Gasteiger partial charge in [0, 0.05) is 0 Å². The quantitative estimate of drug-likeness (QED) is 0.669. The van der Waals surface area contributed by atoms with Gasteiger partial charge in [-0.15, -0.1) is 0 Å². The van der Waals surface area contributed by atoms with Crippen LogP contribution in [0.25, 0.3) is 0 Å². The zero-order valence-corrected chi connectivity index (χ0v) is 10.7. The van der Waals surface area contributed by atoms with Crippen molar-refractivity contribution in [1.82, 2.24) is 0 Å². The molecule has 0 N–H and O–H groups in total. The summed E-state index contributed by atoms with van der Waals surface area (Å²) >= 11 is 0. The molecule has 0 unspecified atom stereocenters. The third-order valence-electron chi connectivity index (χ3n) is 2.78. The molecule has 0 aromatic carbocycles. The Labute approximate surface area is 83.1 Å². The van der Waals surface area contributed by atoms with E-state index in [1.165, 1.54) is 33.9 Å². The number of hydrogen-bond donors (Lipinski definition) is 0. The molecular formula is C7H15F3O2SSi. The first-order valence-corrected chi connectivity index (χ1v) is 9.27. The van der Waals surface area contributed by atoms with Gasteiger partial charge < -0.3 is 0 Å². The average Bonchev–Trinajstić information content (AvgIpc) is 1.81. The van der Waals surface area contributed by atoms with Crippen LogP contribution >= 0.6 is 0 Å². The Kier molecular flexibility index (Phi) is 3.22. The number of hydrogen-bond acceptors (Lipinski definition) is 2. The molecule has 0 radical (unpaired) electrons. The minimum atomic E-state index is -5.13. The van der Waals surface area contributed by atoms with Gasteiger partial charge in [-0.1, -0.05) is 33.9 Å². The second-order valence-corrected chi connectivity index (χ2v) is 15.4. The van der Waals surface area contributed by atoms with Crippen molar-refractivity contribution in [3.63, 3.8) is 0 Å². The molecule has 2 nitrogen and oxygen atoms in total. The highest BCUT2D eigenvalue weighted by molar-refractivity contribution is 8.22. The SMILES string of the molecule is CC(C)(C)[Si](C)(C)S(=O)(=O)C(F)(F)F. The molecule has 14 heavy (non-hydrogen) atoms. The van der Waals surface area contributed by atoms with Gasteiger partial charge in [-0.05, 0) is 5.04 Å². The molecule has 0 aliphatic heterocycles. The van der Waals surface area contributed by atoms with Gasteiger partial charge in [0.1, 0.15) is 0 Å². The van der Waals surface area contributed by atoms with Crippen molar-refractivity contribution in [2.75, 3.05) is 0 Å². The maximum Gasteiger partial charge on any atom is 0.490 e. The molecule has 0 bridgehead atoms. The lowest BCUT2D eigenvalue weighted by atomic mass is 10.2. The second kappa shape index (κ2) is 3.23. The predicted octanol–water partition coefficient (Wildman–Crippen LogP) is 2.93. The van der Waals surface area contributed by atoms with Crippen molar-refractivity contribution in [2.24, 2.45) is 0 Å². The Bertz CT molecular complexity index is 311. The van der Waals surface area contributed by atoms with Crippen LogP contribution in [0.2, 0.25) is 18.1 Å². The fraction of sp³-hybridized carbons (Fsp3) is 1.00. The summed E-state index contributed by atoms with van der Waals surface area (Å²) < 4.78 is 59.4. The molecule has 0 aromatic rings.